The molecular weight excluding hydrogens is 415 g/mol. The summed E-state index contributed by atoms with van der Waals surface area (Å²) in [5.74, 6) is 2.11. The molecule has 168 valence electrons. The molecule has 5 heterocycles. The van der Waals surface area contributed by atoms with Gasteiger partial charge in [-0.15, -0.1) is 5.10 Å². The minimum atomic E-state index is -0.260. The van der Waals surface area contributed by atoms with Gasteiger partial charge in [0.05, 0.1) is 5.69 Å². The maximum atomic E-state index is 13.6. The van der Waals surface area contributed by atoms with Crippen molar-refractivity contribution in [3.8, 4) is 22.5 Å². The SMILES string of the molecule is CC(C)N1CC2CN(c3ccc4nc(-c5ccc(F)cc5)c(-c5ccncc5)n4n3)CC2C1. The highest BCUT2D eigenvalue weighted by Gasteiger charge is 2.41. The highest BCUT2D eigenvalue weighted by atomic mass is 19.1. The number of hydrogen-bond donors (Lipinski definition) is 0. The monoisotopic (exact) mass is 442 g/mol. The van der Waals surface area contributed by atoms with E-state index in [1.54, 1.807) is 24.5 Å². The number of nitrogens with zero attached hydrogens (tertiary/aromatic N) is 6. The minimum absolute atomic E-state index is 0.260. The molecule has 2 aliphatic rings. The van der Waals surface area contributed by atoms with Crippen LogP contribution in [0.5, 0.6) is 0 Å². The Morgan fingerprint density at radius 3 is 2.21 bits per heavy atom. The van der Waals surface area contributed by atoms with Gasteiger partial charge in [0.2, 0.25) is 0 Å². The smallest absolute Gasteiger partial charge is 0.155 e. The van der Waals surface area contributed by atoms with Crippen molar-refractivity contribution in [1.29, 1.82) is 0 Å². The van der Waals surface area contributed by atoms with Crippen molar-refractivity contribution < 1.29 is 4.39 Å². The number of hydrogen-bond acceptors (Lipinski definition) is 5. The molecule has 33 heavy (non-hydrogen) atoms. The number of halogens is 1. The van der Waals surface area contributed by atoms with Crippen LogP contribution < -0.4 is 4.90 Å². The predicted molar refractivity (Wildman–Crippen MR) is 128 cm³/mol. The van der Waals surface area contributed by atoms with Crippen LogP contribution in [0.1, 0.15) is 13.8 Å². The van der Waals surface area contributed by atoms with Gasteiger partial charge in [-0.25, -0.2) is 13.9 Å². The minimum Gasteiger partial charge on any atom is -0.355 e. The maximum Gasteiger partial charge on any atom is 0.155 e. The molecule has 1 aromatic carbocycles. The lowest BCUT2D eigenvalue weighted by atomic mass is 10.0. The first-order chi connectivity index (χ1) is 16.1. The lowest BCUT2D eigenvalue weighted by molar-refractivity contribution is 0.258. The van der Waals surface area contributed by atoms with Gasteiger partial charge in [0.1, 0.15) is 17.3 Å². The number of likely N-dealkylation sites (tertiary alicyclic amines) is 1. The van der Waals surface area contributed by atoms with E-state index in [9.17, 15) is 4.39 Å². The Morgan fingerprint density at radius 1 is 0.848 bits per heavy atom. The summed E-state index contributed by atoms with van der Waals surface area (Å²) in [7, 11) is 0. The molecule has 0 saturated carbocycles. The van der Waals surface area contributed by atoms with Gasteiger partial charge in [0, 0.05) is 55.7 Å². The van der Waals surface area contributed by atoms with Crippen molar-refractivity contribution in [2.45, 2.75) is 19.9 Å². The average Bonchev–Trinajstić information content (AvgIpc) is 3.51. The summed E-state index contributed by atoms with van der Waals surface area (Å²) in [5.41, 5.74) is 4.30. The van der Waals surface area contributed by atoms with Crippen molar-refractivity contribution in [1.82, 2.24) is 24.5 Å². The van der Waals surface area contributed by atoms with Crippen LogP contribution in [0, 0.1) is 17.7 Å². The number of anilines is 1. The van der Waals surface area contributed by atoms with Crippen molar-refractivity contribution in [2.75, 3.05) is 31.1 Å². The summed E-state index contributed by atoms with van der Waals surface area (Å²) in [6.07, 6.45) is 3.55. The van der Waals surface area contributed by atoms with E-state index in [1.165, 1.54) is 25.2 Å². The van der Waals surface area contributed by atoms with Crippen LogP contribution in [0.3, 0.4) is 0 Å². The molecule has 2 fully saturated rings. The van der Waals surface area contributed by atoms with Gasteiger partial charge in [0.25, 0.3) is 0 Å². The number of fused-ring (bicyclic) bond motifs is 2. The Balaban J connectivity index is 1.40. The second kappa shape index (κ2) is 7.92. The highest BCUT2D eigenvalue weighted by Crippen LogP contribution is 2.36. The normalized spacial score (nSPS) is 20.8. The maximum absolute atomic E-state index is 13.6. The van der Waals surface area contributed by atoms with Crippen molar-refractivity contribution >= 4 is 11.5 Å². The van der Waals surface area contributed by atoms with Crippen LogP contribution in [-0.4, -0.2) is 56.7 Å². The predicted octanol–water partition coefficient (Wildman–Crippen LogP) is 4.37. The van der Waals surface area contributed by atoms with Crippen LogP contribution in [0.25, 0.3) is 28.2 Å². The Labute approximate surface area is 192 Å². The van der Waals surface area contributed by atoms with Crippen molar-refractivity contribution in [2.24, 2.45) is 11.8 Å². The second-order valence-electron chi connectivity index (χ2n) is 9.49. The van der Waals surface area contributed by atoms with Gasteiger partial charge in [-0.1, -0.05) is 0 Å². The number of rotatable bonds is 4. The molecule has 2 atom stereocenters. The first-order valence-corrected chi connectivity index (χ1v) is 11.6. The van der Waals surface area contributed by atoms with Gasteiger partial charge >= 0.3 is 0 Å². The first-order valence-electron chi connectivity index (χ1n) is 11.6. The molecule has 7 heteroatoms. The molecule has 0 spiro atoms. The van der Waals surface area contributed by atoms with E-state index in [4.69, 9.17) is 10.1 Å². The largest absolute Gasteiger partial charge is 0.355 e. The molecule has 2 unspecified atom stereocenters. The third-order valence-corrected chi connectivity index (χ3v) is 7.10. The molecule has 4 aromatic rings. The van der Waals surface area contributed by atoms with E-state index < -0.39 is 0 Å². The Morgan fingerprint density at radius 2 is 1.55 bits per heavy atom. The number of pyridine rings is 1. The fraction of sp³-hybridized carbons (Fsp3) is 0.346. The van der Waals surface area contributed by atoms with Gasteiger partial charge < -0.3 is 9.80 Å². The fourth-order valence-corrected chi connectivity index (χ4v) is 5.31. The number of imidazole rings is 1. The molecule has 0 radical (unpaired) electrons. The van der Waals surface area contributed by atoms with E-state index in [0.29, 0.717) is 17.9 Å². The van der Waals surface area contributed by atoms with Crippen LogP contribution >= 0.6 is 0 Å². The number of benzene rings is 1. The van der Waals surface area contributed by atoms with E-state index in [1.807, 2.05) is 22.7 Å². The summed E-state index contributed by atoms with van der Waals surface area (Å²) in [6, 6.07) is 15.1. The standard InChI is InChI=1S/C26H27FN6/c1-17(2)31-13-20-15-32(16-21(20)14-31)24-8-7-23-29-25(18-3-5-22(27)6-4-18)26(33(23)30-24)19-9-11-28-12-10-19/h3-12,17,20-21H,13-16H2,1-2H3. The van der Waals surface area contributed by atoms with Crippen LogP contribution in [0.4, 0.5) is 10.2 Å². The Bertz CT molecular complexity index is 1270. The molecular formula is C26H27FN6. The molecule has 6 rings (SSSR count). The topological polar surface area (TPSA) is 49.6 Å². The van der Waals surface area contributed by atoms with E-state index in [2.05, 4.69) is 34.7 Å². The molecule has 2 saturated heterocycles. The van der Waals surface area contributed by atoms with Crippen molar-refractivity contribution in [3.05, 3.63) is 66.7 Å². The highest BCUT2D eigenvalue weighted by molar-refractivity contribution is 5.81. The molecule has 0 bridgehead atoms. The summed E-state index contributed by atoms with van der Waals surface area (Å²) < 4.78 is 15.5. The fourth-order valence-electron chi connectivity index (χ4n) is 5.31. The third-order valence-electron chi connectivity index (χ3n) is 7.10. The second-order valence-corrected chi connectivity index (χ2v) is 9.49. The summed E-state index contributed by atoms with van der Waals surface area (Å²) in [4.78, 5) is 14.1. The zero-order valence-electron chi connectivity index (χ0n) is 18.9. The van der Waals surface area contributed by atoms with Gasteiger partial charge in [0.15, 0.2) is 5.65 Å². The van der Waals surface area contributed by atoms with E-state index in [0.717, 1.165) is 47.1 Å². The first kappa shape index (κ1) is 20.3. The molecule has 3 aromatic heterocycles. The molecule has 0 N–H and O–H groups in total. The van der Waals surface area contributed by atoms with Crippen molar-refractivity contribution in [3.63, 3.8) is 0 Å². The Hall–Kier alpha value is -3.32. The molecule has 0 aliphatic carbocycles. The molecule has 6 nitrogen and oxygen atoms in total. The summed E-state index contributed by atoms with van der Waals surface area (Å²) in [6.45, 7) is 8.98. The molecule has 0 amide bonds. The zero-order valence-corrected chi connectivity index (χ0v) is 18.9. The van der Waals surface area contributed by atoms with E-state index >= 15 is 0 Å². The van der Waals surface area contributed by atoms with E-state index in [-0.39, 0.29) is 5.82 Å². The van der Waals surface area contributed by atoms with Crippen LogP contribution in [-0.2, 0) is 0 Å². The summed E-state index contributed by atoms with van der Waals surface area (Å²) >= 11 is 0. The number of aromatic nitrogens is 4. The Kier molecular flexibility index (Phi) is 4.87. The lowest BCUT2D eigenvalue weighted by Crippen LogP contribution is -2.33. The quantitative estimate of drug-likeness (QED) is 0.470. The zero-order chi connectivity index (χ0) is 22.5. The summed E-state index contributed by atoms with van der Waals surface area (Å²) in [5, 5.41) is 5.05. The van der Waals surface area contributed by atoms with Crippen LogP contribution in [0.15, 0.2) is 60.9 Å². The third kappa shape index (κ3) is 3.56. The molecule has 2 aliphatic heterocycles. The van der Waals surface area contributed by atoms with Crippen LogP contribution in [0.2, 0.25) is 0 Å². The lowest BCUT2D eigenvalue weighted by Gasteiger charge is -2.24. The van der Waals surface area contributed by atoms with Gasteiger partial charge in [-0.3, -0.25) is 4.98 Å². The van der Waals surface area contributed by atoms with Gasteiger partial charge in [-0.2, -0.15) is 0 Å². The average molecular weight is 443 g/mol. The van der Waals surface area contributed by atoms with Gasteiger partial charge in [-0.05, 0) is 74.2 Å².